The van der Waals surface area contributed by atoms with Gasteiger partial charge >= 0.3 is 0 Å². The second kappa shape index (κ2) is 7.83. The lowest BCUT2D eigenvalue weighted by Gasteiger charge is -2.05. The maximum Gasteiger partial charge on any atom is 0.137 e. The fourth-order valence-corrected chi connectivity index (χ4v) is 2.74. The molecule has 3 aromatic rings. The van der Waals surface area contributed by atoms with E-state index in [9.17, 15) is 10.5 Å². The van der Waals surface area contributed by atoms with Gasteiger partial charge in [-0.15, -0.1) is 0 Å². The van der Waals surface area contributed by atoms with Crippen molar-refractivity contribution in [1.82, 2.24) is 0 Å². The maximum absolute atomic E-state index is 9.27. The minimum Gasteiger partial charge on any atom is -0.497 e. The third-order valence-electron chi connectivity index (χ3n) is 4.09. The zero-order valence-electron chi connectivity index (χ0n) is 14.3. The van der Waals surface area contributed by atoms with Gasteiger partial charge in [0.1, 0.15) is 23.5 Å². The van der Waals surface area contributed by atoms with Gasteiger partial charge in [0.25, 0.3) is 0 Å². The van der Waals surface area contributed by atoms with E-state index in [1.807, 2.05) is 85.0 Å². The molecule has 0 radical (unpaired) electrons. The Morgan fingerprint density at radius 2 is 1.58 bits per heavy atom. The summed E-state index contributed by atoms with van der Waals surface area (Å²) in [6, 6.07) is 25.4. The molecular formula is C23H16N2O. The first-order valence-electron chi connectivity index (χ1n) is 8.11. The lowest BCUT2D eigenvalue weighted by atomic mass is 9.99. The highest BCUT2D eigenvalue weighted by atomic mass is 16.5. The Hall–Kier alpha value is -3.82. The standard InChI is InChI=1S/C23H16N2O/c1-26-22-11-10-19-13-17(7-9-20(19)14-22)8-12-23(21(15-24)16-25)18-5-3-2-4-6-18/h2-14H,1H3/b12-8+. The quantitative estimate of drug-likeness (QED) is 0.476. The summed E-state index contributed by atoms with van der Waals surface area (Å²) in [5, 5.41) is 20.7. The molecule has 0 bridgehead atoms. The van der Waals surface area contributed by atoms with E-state index in [4.69, 9.17) is 4.74 Å². The summed E-state index contributed by atoms with van der Waals surface area (Å²) in [6.07, 6.45) is 3.74. The van der Waals surface area contributed by atoms with Crippen molar-refractivity contribution in [3.63, 3.8) is 0 Å². The van der Waals surface area contributed by atoms with Gasteiger partial charge in [-0.05, 0) is 40.1 Å². The molecule has 0 aromatic heterocycles. The summed E-state index contributed by atoms with van der Waals surface area (Å²) in [5.41, 5.74) is 2.54. The minimum atomic E-state index is 0.0953. The lowest BCUT2D eigenvalue weighted by Crippen LogP contribution is -1.86. The van der Waals surface area contributed by atoms with Gasteiger partial charge in [0, 0.05) is 5.57 Å². The number of allylic oxidation sites excluding steroid dienone is 3. The summed E-state index contributed by atoms with van der Waals surface area (Å²) < 4.78 is 5.25. The molecule has 0 amide bonds. The van der Waals surface area contributed by atoms with Crippen LogP contribution in [0.15, 0.2) is 78.4 Å². The molecule has 26 heavy (non-hydrogen) atoms. The van der Waals surface area contributed by atoms with E-state index in [2.05, 4.69) is 6.07 Å². The summed E-state index contributed by atoms with van der Waals surface area (Å²) in [7, 11) is 1.65. The first-order valence-corrected chi connectivity index (χ1v) is 8.11. The van der Waals surface area contributed by atoms with E-state index in [0.717, 1.165) is 27.6 Å². The van der Waals surface area contributed by atoms with Gasteiger partial charge in [-0.2, -0.15) is 10.5 Å². The molecule has 3 rings (SSSR count). The molecule has 0 fully saturated rings. The number of nitriles is 2. The number of ether oxygens (including phenoxy) is 1. The van der Waals surface area contributed by atoms with Crippen molar-refractivity contribution < 1.29 is 4.74 Å². The molecule has 0 aliphatic rings. The highest BCUT2D eigenvalue weighted by molar-refractivity contribution is 5.88. The average Bonchev–Trinajstić information content (AvgIpc) is 2.71. The molecule has 0 atom stereocenters. The molecular weight excluding hydrogens is 320 g/mol. The zero-order valence-corrected chi connectivity index (χ0v) is 14.3. The molecule has 124 valence electrons. The van der Waals surface area contributed by atoms with Gasteiger partial charge in [-0.3, -0.25) is 0 Å². The van der Waals surface area contributed by atoms with E-state index in [1.165, 1.54) is 0 Å². The fourth-order valence-electron chi connectivity index (χ4n) is 2.74. The number of nitrogens with zero attached hydrogens (tertiary/aromatic N) is 2. The second-order valence-electron chi connectivity index (χ2n) is 5.68. The molecule has 0 saturated heterocycles. The van der Waals surface area contributed by atoms with Gasteiger partial charge in [0.05, 0.1) is 7.11 Å². The van der Waals surface area contributed by atoms with Crippen LogP contribution >= 0.6 is 0 Å². The Labute approximate surface area is 152 Å². The smallest absolute Gasteiger partial charge is 0.137 e. The topological polar surface area (TPSA) is 56.8 Å². The molecule has 3 nitrogen and oxygen atoms in total. The van der Waals surface area contributed by atoms with Crippen LogP contribution in [0.5, 0.6) is 5.75 Å². The van der Waals surface area contributed by atoms with Crippen LogP contribution in [-0.4, -0.2) is 7.11 Å². The van der Waals surface area contributed by atoms with Gasteiger partial charge in [-0.25, -0.2) is 0 Å². The number of methoxy groups -OCH3 is 1. The van der Waals surface area contributed by atoms with Crippen LogP contribution in [0.3, 0.4) is 0 Å². The number of fused-ring (bicyclic) bond motifs is 1. The number of hydrogen-bond acceptors (Lipinski definition) is 3. The van der Waals surface area contributed by atoms with Crippen LogP contribution in [-0.2, 0) is 0 Å². The molecule has 0 unspecified atom stereocenters. The van der Waals surface area contributed by atoms with Crippen molar-refractivity contribution in [2.75, 3.05) is 7.11 Å². The third kappa shape index (κ3) is 3.64. The normalized spacial score (nSPS) is 10.3. The molecule has 0 heterocycles. The van der Waals surface area contributed by atoms with Crippen molar-refractivity contribution >= 4 is 22.4 Å². The molecule has 0 aliphatic carbocycles. The highest BCUT2D eigenvalue weighted by Crippen LogP contribution is 2.24. The Morgan fingerprint density at radius 3 is 2.27 bits per heavy atom. The molecule has 3 heteroatoms. The van der Waals surface area contributed by atoms with Crippen LogP contribution in [0, 0.1) is 22.7 Å². The third-order valence-corrected chi connectivity index (χ3v) is 4.09. The van der Waals surface area contributed by atoms with E-state index >= 15 is 0 Å². The Bertz CT molecular complexity index is 1060. The van der Waals surface area contributed by atoms with Crippen LogP contribution in [0.4, 0.5) is 0 Å². The van der Waals surface area contributed by atoms with Crippen LogP contribution < -0.4 is 4.74 Å². The molecule has 0 saturated carbocycles. The molecule has 3 aromatic carbocycles. The van der Waals surface area contributed by atoms with Gasteiger partial charge in [0.15, 0.2) is 0 Å². The van der Waals surface area contributed by atoms with Gasteiger partial charge < -0.3 is 4.74 Å². The number of benzene rings is 3. The second-order valence-corrected chi connectivity index (χ2v) is 5.68. The number of hydrogen-bond donors (Lipinski definition) is 0. The highest BCUT2D eigenvalue weighted by Gasteiger charge is 2.06. The van der Waals surface area contributed by atoms with Crippen molar-refractivity contribution in [3.8, 4) is 17.9 Å². The largest absolute Gasteiger partial charge is 0.497 e. The minimum absolute atomic E-state index is 0.0953. The van der Waals surface area contributed by atoms with Crippen LogP contribution in [0.25, 0.3) is 22.4 Å². The van der Waals surface area contributed by atoms with E-state index in [1.54, 1.807) is 7.11 Å². The Kier molecular flexibility index (Phi) is 5.13. The SMILES string of the molecule is COc1ccc2cc(/C=C/C(=C(C#N)C#N)c3ccccc3)ccc2c1. The van der Waals surface area contributed by atoms with Gasteiger partial charge in [-0.1, -0.05) is 60.7 Å². The molecule has 0 aliphatic heterocycles. The van der Waals surface area contributed by atoms with Gasteiger partial charge in [0.2, 0.25) is 0 Å². The zero-order chi connectivity index (χ0) is 18.4. The van der Waals surface area contributed by atoms with Crippen molar-refractivity contribution in [3.05, 3.63) is 89.5 Å². The van der Waals surface area contributed by atoms with Crippen LogP contribution in [0.1, 0.15) is 11.1 Å². The molecule has 0 N–H and O–H groups in total. The maximum atomic E-state index is 9.27. The average molecular weight is 336 g/mol. The number of rotatable bonds is 4. The summed E-state index contributed by atoms with van der Waals surface area (Å²) in [6.45, 7) is 0. The fraction of sp³-hybridized carbons (Fsp3) is 0.0435. The molecule has 0 spiro atoms. The summed E-state index contributed by atoms with van der Waals surface area (Å²) in [4.78, 5) is 0. The van der Waals surface area contributed by atoms with Crippen molar-refractivity contribution in [2.45, 2.75) is 0 Å². The summed E-state index contributed by atoms with van der Waals surface area (Å²) >= 11 is 0. The first kappa shape index (κ1) is 17.0. The first-order chi connectivity index (χ1) is 12.7. The Balaban J connectivity index is 2.01. The predicted octanol–water partition coefficient (Wildman–Crippen LogP) is 5.36. The summed E-state index contributed by atoms with van der Waals surface area (Å²) in [5.74, 6) is 0.822. The van der Waals surface area contributed by atoms with E-state index < -0.39 is 0 Å². The predicted molar refractivity (Wildman–Crippen MR) is 104 cm³/mol. The lowest BCUT2D eigenvalue weighted by molar-refractivity contribution is 0.415. The monoisotopic (exact) mass is 336 g/mol. The van der Waals surface area contributed by atoms with E-state index in [0.29, 0.717) is 5.57 Å². The van der Waals surface area contributed by atoms with E-state index in [-0.39, 0.29) is 5.57 Å². The Morgan fingerprint density at radius 1 is 0.885 bits per heavy atom. The van der Waals surface area contributed by atoms with Crippen LogP contribution in [0.2, 0.25) is 0 Å². The van der Waals surface area contributed by atoms with Crippen molar-refractivity contribution in [1.29, 1.82) is 10.5 Å². The van der Waals surface area contributed by atoms with Crippen molar-refractivity contribution in [2.24, 2.45) is 0 Å².